The van der Waals surface area contributed by atoms with E-state index in [1.165, 1.54) is 12.1 Å². The third-order valence-corrected chi connectivity index (χ3v) is 5.74. The van der Waals surface area contributed by atoms with Gasteiger partial charge in [-0.2, -0.15) is 4.52 Å². The van der Waals surface area contributed by atoms with Gasteiger partial charge in [0.25, 0.3) is 5.91 Å². The summed E-state index contributed by atoms with van der Waals surface area (Å²) in [6.07, 6.45) is 0. The molecule has 3 aromatic rings. The van der Waals surface area contributed by atoms with Gasteiger partial charge in [0, 0.05) is 38.0 Å². The molecule has 2 aliphatic rings. The van der Waals surface area contributed by atoms with Gasteiger partial charge in [-0.1, -0.05) is 0 Å². The quantitative estimate of drug-likeness (QED) is 0.669. The van der Waals surface area contributed by atoms with Crippen LogP contribution in [-0.4, -0.2) is 61.8 Å². The predicted molar refractivity (Wildman–Crippen MR) is 99.5 cm³/mol. The first-order chi connectivity index (χ1) is 13.5. The van der Waals surface area contributed by atoms with Crippen LogP contribution in [0.5, 0.6) is 0 Å². The lowest BCUT2D eigenvalue weighted by atomic mass is 10.0. The molecule has 5 heterocycles. The first-order valence-corrected chi connectivity index (χ1v) is 9.36. The van der Waals surface area contributed by atoms with Gasteiger partial charge >= 0.3 is 0 Å². The van der Waals surface area contributed by atoms with E-state index in [4.69, 9.17) is 0 Å². The fourth-order valence-electron chi connectivity index (χ4n) is 4.23. The summed E-state index contributed by atoms with van der Waals surface area (Å²) in [7, 11) is 0. The van der Waals surface area contributed by atoms with Crippen LogP contribution in [0, 0.1) is 31.5 Å². The molecule has 0 spiro atoms. The van der Waals surface area contributed by atoms with Crippen molar-refractivity contribution < 1.29 is 9.18 Å². The molecule has 0 saturated carbocycles. The number of anilines is 1. The fraction of sp³-hybridized carbons (Fsp3) is 0.421. The summed E-state index contributed by atoms with van der Waals surface area (Å²) in [5, 5.41) is 12.8. The number of pyridine rings is 1. The minimum atomic E-state index is -0.390. The molecule has 0 bridgehead atoms. The minimum absolute atomic E-state index is 0.122. The Kier molecular flexibility index (Phi) is 3.78. The van der Waals surface area contributed by atoms with Gasteiger partial charge in [-0.15, -0.1) is 15.3 Å². The monoisotopic (exact) mass is 381 g/mol. The highest BCUT2D eigenvalue weighted by atomic mass is 19.1. The molecule has 9 heteroatoms. The average Bonchev–Trinajstić information content (AvgIpc) is 3.36. The van der Waals surface area contributed by atoms with Gasteiger partial charge in [-0.3, -0.25) is 4.79 Å². The highest BCUT2D eigenvalue weighted by molar-refractivity contribution is 5.92. The van der Waals surface area contributed by atoms with Crippen molar-refractivity contribution in [2.75, 3.05) is 31.1 Å². The van der Waals surface area contributed by atoms with Crippen LogP contribution in [0.4, 0.5) is 10.2 Å². The maximum absolute atomic E-state index is 13.4. The van der Waals surface area contributed by atoms with Crippen molar-refractivity contribution in [2.45, 2.75) is 13.8 Å². The van der Waals surface area contributed by atoms with E-state index in [0.717, 1.165) is 30.4 Å². The Labute approximate surface area is 161 Å². The molecular formula is C19H20FN7O. The molecule has 0 radical (unpaired) electrons. The summed E-state index contributed by atoms with van der Waals surface area (Å²) < 4.78 is 15.2. The van der Waals surface area contributed by atoms with Gasteiger partial charge < -0.3 is 9.80 Å². The second-order valence-corrected chi connectivity index (χ2v) is 7.61. The SMILES string of the molecule is Cc1nc(C(=O)N2CC3CN(c4ccc5nnc(C)n5n4)CC3C2)ccc1F. The summed E-state index contributed by atoms with van der Waals surface area (Å²) in [6.45, 7) is 6.53. The molecule has 28 heavy (non-hydrogen) atoms. The Hall–Kier alpha value is -3.10. The van der Waals surface area contributed by atoms with Crippen LogP contribution in [-0.2, 0) is 0 Å². The molecule has 8 nitrogen and oxygen atoms in total. The molecule has 5 rings (SSSR count). The number of rotatable bonds is 2. The van der Waals surface area contributed by atoms with E-state index in [9.17, 15) is 9.18 Å². The number of fused-ring (bicyclic) bond motifs is 2. The molecule has 0 aliphatic carbocycles. The fourth-order valence-corrected chi connectivity index (χ4v) is 4.23. The molecule has 2 saturated heterocycles. The van der Waals surface area contributed by atoms with Crippen LogP contribution in [0.2, 0.25) is 0 Å². The van der Waals surface area contributed by atoms with E-state index in [0.29, 0.717) is 30.6 Å². The number of carbonyl (C=O) groups excluding carboxylic acids is 1. The lowest BCUT2D eigenvalue weighted by Crippen LogP contribution is -2.34. The molecule has 2 fully saturated rings. The Morgan fingerprint density at radius 3 is 2.50 bits per heavy atom. The molecule has 144 valence electrons. The molecular weight excluding hydrogens is 361 g/mol. The Morgan fingerprint density at radius 1 is 1.04 bits per heavy atom. The summed E-state index contributed by atoms with van der Waals surface area (Å²) in [5.74, 6) is 1.94. The van der Waals surface area contributed by atoms with Crippen molar-refractivity contribution in [1.82, 2.24) is 29.7 Å². The van der Waals surface area contributed by atoms with Crippen molar-refractivity contribution in [3.8, 4) is 0 Å². The Balaban J connectivity index is 1.29. The van der Waals surface area contributed by atoms with Gasteiger partial charge in [-0.05, 0) is 38.1 Å². The van der Waals surface area contributed by atoms with Crippen LogP contribution < -0.4 is 4.90 Å². The van der Waals surface area contributed by atoms with Gasteiger partial charge in [-0.25, -0.2) is 9.37 Å². The number of nitrogens with zero attached hydrogens (tertiary/aromatic N) is 7. The van der Waals surface area contributed by atoms with Crippen molar-refractivity contribution in [3.05, 3.63) is 47.3 Å². The molecule has 2 atom stereocenters. The maximum Gasteiger partial charge on any atom is 0.272 e. The smallest absolute Gasteiger partial charge is 0.272 e. The average molecular weight is 381 g/mol. The van der Waals surface area contributed by atoms with Gasteiger partial charge in [0.2, 0.25) is 0 Å². The molecule has 1 amide bonds. The topological polar surface area (TPSA) is 79.5 Å². The highest BCUT2D eigenvalue weighted by Crippen LogP contribution is 2.33. The normalized spacial score (nSPS) is 21.5. The largest absolute Gasteiger partial charge is 0.354 e. The number of hydrogen-bond donors (Lipinski definition) is 0. The summed E-state index contributed by atoms with van der Waals surface area (Å²) in [5.41, 5.74) is 1.30. The van der Waals surface area contributed by atoms with Crippen LogP contribution in [0.1, 0.15) is 22.0 Å². The van der Waals surface area contributed by atoms with Crippen molar-refractivity contribution in [3.63, 3.8) is 0 Å². The van der Waals surface area contributed by atoms with E-state index in [1.807, 2.05) is 24.0 Å². The lowest BCUT2D eigenvalue weighted by Gasteiger charge is -2.22. The van der Waals surface area contributed by atoms with Crippen LogP contribution in [0.15, 0.2) is 24.3 Å². The number of aryl methyl sites for hydroxylation is 2. The molecule has 3 aromatic heterocycles. The van der Waals surface area contributed by atoms with Crippen LogP contribution in [0.25, 0.3) is 5.65 Å². The summed E-state index contributed by atoms with van der Waals surface area (Å²) >= 11 is 0. The van der Waals surface area contributed by atoms with Crippen LogP contribution in [0.3, 0.4) is 0 Å². The standard InChI is InChI=1S/C19H20FN7O/c1-11-15(20)3-4-16(21-11)19(28)26-9-13-7-25(8-14(13)10-26)18-6-5-17-23-22-12(2)27(17)24-18/h3-6,13-14H,7-10H2,1-2H3. The van der Waals surface area contributed by atoms with E-state index in [-0.39, 0.29) is 11.6 Å². The predicted octanol–water partition coefficient (Wildman–Crippen LogP) is 1.48. The van der Waals surface area contributed by atoms with Crippen molar-refractivity contribution in [1.29, 1.82) is 0 Å². The van der Waals surface area contributed by atoms with Gasteiger partial charge in [0.05, 0.1) is 5.69 Å². The van der Waals surface area contributed by atoms with E-state index in [2.05, 4.69) is 25.2 Å². The molecule has 2 aliphatic heterocycles. The van der Waals surface area contributed by atoms with Gasteiger partial charge in [0.15, 0.2) is 11.5 Å². The lowest BCUT2D eigenvalue weighted by molar-refractivity contribution is 0.0776. The molecule has 0 aromatic carbocycles. The Bertz CT molecular complexity index is 1070. The summed E-state index contributed by atoms with van der Waals surface area (Å²) in [6, 6.07) is 6.67. The van der Waals surface area contributed by atoms with Crippen LogP contribution >= 0.6 is 0 Å². The zero-order chi connectivity index (χ0) is 19.4. The van der Waals surface area contributed by atoms with Gasteiger partial charge in [0.1, 0.15) is 17.3 Å². The van der Waals surface area contributed by atoms with E-state index in [1.54, 1.807) is 11.4 Å². The number of carbonyl (C=O) groups is 1. The number of amides is 1. The van der Waals surface area contributed by atoms with E-state index < -0.39 is 5.82 Å². The third kappa shape index (κ3) is 2.69. The number of halogens is 1. The number of aromatic nitrogens is 5. The summed E-state index contributed by atoms with van der Waals surface area (Å²) in [4.78, 5) is 21.0. The first-order valence-electron chi connectivity index (χ1n) is 9.36. The number of hydrogen-bond acceptors (Lipinski definition) is 6. The van der Waals surface area contributed by atoms with Crippen molar-refractivity contribution >= 4 is 17.4 Å². The molecule has 0 N–H and O–H groups in total. The van der Waals surface area contributed by atoms with Crippen molar-refractivity contribution in [2.24, 2.45) is 11.8 Å². The van der Waals surface area contributed by atoms with E-state index >= 15 is 0 Å². The Morgan fingerprint density at radius 2 is 1.79 bits per heavy atom. The third-order valence-electron chi connectivity index (χ3n) is 5.74. The minimum Gasteiger partial charge on any atom is -0.354 e. The first kappa shape index (κ1) is 17.0. The zero-order valence-electron chi connectivity index (χ0n) is 15.7. The highest BCUT2D eigenvalue weighted by Gasteiger charge is 2.42. The zero-order valence-corrected chi connectivity index (χ0v) is 15.7. The second kappa shape index (κ2) is 6.22. The number of likely N-dealkylation sites (tertiary alicyclic amines) is 1. The molecule has 2 unspecified atom stereocenters. The second-order valence-electron chi connectivity index (χ2n) is 7.61. The maximum atomic E-state index is 13.4.